The second kappa shape index (κ2) is 6.87. The summed E-state index contributed by atoms with van der Waals surface area (Å²) in [7, 11) is -3.91. The Morgan fingerprint density at radius 1 is 1.56 bits per heavy atom. The van der Waals surface area contributed by atoms with E-state index in [-0.39, 0.29) is 22.4 Å². The topological polar surface area (TPSA) is 113 Å². The second-order valence-electron chi connectivity index (χ2n) is 6.10. The third-order valence-electron chi connectivity index (χ3n) is 4.10. The molecule has 1 aliphatic rings. The Bertz CT molecular complexity index is 901. The monoisotopic (exact) mass is 384 g/mol. The van der Waals surface area contributed by atoms with Crippen molar-refractivity contribution in [2.75, 3.05) is 13.1 Å². The van der Waals surface area contributed by atoms with Gasteiger partial charge in [0, 0.05) is 24.2 Å². The molecule has 0 spiro atoms. The van der Waals surface area contributed by atoms with Gasteiger partial charge < -0.3 is 10.4 Å². The number of fused-ring (bicyclic) bond motifs is 1. The van der Waals surface area contributed by atoms with E-state index < -0.39 is 16.0 Å². The van der Waals surface area contributed by atoms with Crippen molar-refractivity contribution >= 4 is 27.3 Å². The molecule has 0 radical (unpaired) electrons. The summed E-state index contributed by atoms with van der Waals surface area (Å²) in [5.41, 5.74) is 1.53. The Kier molecular flexibility index (Phi) is 4.96. The zero-order chi connectivity index (χ0) is 18.2. The third-order valence-corrected chi connectivity index (χ3v) is 7.28. The molecular weight excluding hydrogens is 364 g/mol. The number of carboxylic acids is 1. The van der Waals surface area contributed by atoms with E-state index in [2.05, 4.69) is 15.1 Å². The van der Waals surface area contributed by atoms with Crippen LogP contribution in [0, 0.1) is 6.92 Å². The summed E-state index contributed by atoms with van der Waals surface area (Å²) in [5, 5.41) is 16.8. The number of nitrogens with zero attached hydrogens (tertiary/aromatic N) is 2. The molecule has 3 heterocycles. The molecule has 10 heteroatoms. The molecule has 1 aliphatic heterocycles. The van der Waals surface area contributed by atoms with Crippen molar-refractivity contribution < 1.29 is 18.3 Å². The van der Waals surface area contributed by atoms with Crippen molar-refractivity contribution in [3.05, 3.63) is 34.0 Å². The first-order chi connectivity index (χ1) is 11.8. The summed E-state index contributed by atoms with van der Waals surface area (Å²) in [4.78, 5) is 12.4. The van der Waals surface area contributed by atoms with Gasteiger partial charge in [0.05, 0.1) is 17.8 Å². The number of rotatable bonds is 6. The number of aromatic carboxylic acids is 1. The van der Waals surface area contributed by atoms with Crippen molar-refractivity contribution in [3.8, 4) is 0 Å². The summed E-state index contributed by atoms with van der Waals surface area (Å²) in [6.07, 6.45) is 4.05. The molecule has 25 heavy (non-hydrogen) atoms. The van der Waals surface area contributed by atoms with Crippen LogP contribution in [0.5, 0.6) is 0 Å². The van der Waals surface area contributed by atoms with Crippen molar-refractivity contribution in [1.82, 2.24) is 19.8 Å². The zero-order valence-corrected chi connectivity index (χ0v) is 15.6. The highest BCUT2D eigenvalue weighted by molar-refractivity contribution is 7.91. The molecular formula is C15H20N4O4S2. The smallest absolute Gasteiger partial charge is 0.338 e. The molecule has 8 nitrogen and oxygen atoms in total. The molecule has 1 atom stereocenters. The average Bonchev–Trinajstić information content (AvgIpc) is 3.16. The van der Waals surface area contributed by atoms with E-state index in [0.717, 1.165) is 21.8 Å². The Labute approximate surface area is 149 Å². The fraction of sp³-hybridized carbons (Fsp3) is 0.467. The van der Waals surface area contributed by atoms with Crippen molar-refractivity contribution in [1.29, 1.82) is 0 Å². The highest BCUT2D eigenvalue weighted by Crippen LogP contribution is 2.34. The Morgan fingerprint density at radius 3 is 2.96 bits per heavy atom. The summed E-state index contributed by atoms with van der Waals surface area (Å²) in [6, 6.07) is -0.187. The number of carboxylic acid groups (broad SMARTS) is 1. The third kappa shape index (κ3) is 3.61. The van der Waals surface area contributed by atoms with E-state index in [1.165, 1.54) is 0 Å². The number of aromatic nitrogens is 2. The molecule has 3 N–H and O–H groups in total. The Morgan fingerprint density at radius 2 is 2.32 bits per heavy atom. The maximum absolute atomic E-state index is 12.7. The minimum Gasteiger partial charge on any atom is -0.478 e. The molecule has 0 bridgehead atoms. The van der Waals surface area contributed by atoms with Crippen LogP contribution in [-0.2, 0) is 23.0 Å². The standard InChI is InChI=1S/C15H20N4O4S2/c1-9-5-17-19(8-9)10(2)6-18-25(22,23)15-13(14(20)21)11-3-4-16-7-12(11)24-15/h5,8,10,16,18H,3-4,6-7H2,1-2H3,(H,20,21)/t10-/m0/s1. The predicted octanol–water partition coefficient (Wildman–Crippen LogP) is 1.14. The van der Waals surface area contributed by atoms with Gasteiger partial charge in [0.15, 0.2) is 0 Å². The van der Waals surface area contributed by atoms with Crippen LogP contribution in [0.15, 0.2) is 16.6 Å². The van der Waals surface area contributed by atoms with Crippen LogP contribution in [0.3, 0.4) is 0 Å². The average molecular weight is 384 g/mol. The molecule has 0 saturated heterocycles. The van der Waals surface area contributed by atoms with Crippen molar-refractivity contribution in [3.63, 3.8) is 0 Å². The first kappa shape index (κ1) is 18.1. The van der Waals surface area contributed by atoms with E-state index in [9.17, 15) is 18.3 Å². The van der Waals surface area contributed by atoms with Crippen LogP contribution >= 0.6 is 11.3 Å². The molecule has 0 amide bonds. The highest BCUT2D eigenvalue weighted by atomic mass is 32.2. The number of thiophene rings is 1. The van der Waals surface area contributed by atoms with Gasteiger partial charge in [-0.3, -0.25) is 4.68 Å². The van der Waals surface area contributed by atoms with Gasteiger partial charge in [0.25, 0.3) is 10.0 Å². The zero-order valence-electron chi connectivity index (χ0n) is 13.9. The van der Waals surface area contributed by atoms with Gasteiger partial charge in [-0.1, -0.05) is 0 Å². The fourth-order valence-electron chi connectivity index (χ4n) is 2.78. The number of hydrogen-bond donors (Lipinski definition) is 3. The largest absolute Gasteiger partial charge is 0.478 e. The summed E-state index contributed by atoms with van der Waals surface area (Å²) < 4.78 is 29.5. The lowest BCUT2D eigenvalue weighted by molar-refractivity contribution is 0.0692. The van der Waals surface area contributed by atoms with Crippen LogP contribution in [0.1, 0.15) is 39.3 Å². The van der Waals surface area contributed by atoms with E-state index in [0.29, 0.717) is 25.1 Å². The first-order valence-corrected chi connectivity index (χ1v) is 10.2. The normalized spacial score (nSPS) is 15.8. The van der Waals surface area contributed by atoms with E-state index in [1.54, 1.807) is 10.9 Å². The van der Waals surface area contributed by atoms with Gasteiger partial charge in [0.2, 0.25) is 0 Å². The molecule has 2 aromatic rings. The summed E-state index contributed by atoms with van der Waals surface area (Å²) in [5.74, 6) is -1.20. The molecule has 3 rings (SSSR count). The van der Waals surface area contributed by atoms with Crippen LogP contribution in [0.25, 0.3) is 0 Å². The molecule has 136 valence electrons. The quantitative estimate of drug-likeness (QED) is 0.688. The van der Waals surface area contributed by atoms with Crippen molar-refractivity contribution in [2.45, 2.75) is 37.1 Å². The highest BCUT2D eigenvalue weighted by Gasteiger charge is 2.32. The van der Waals surface area contributed by atoms with Crippen LogP contribution in [-0.4, -0.2) is 42.4 Å². The minimum absolute atomic E-state index is 0.0865. The van der Waals surface area contributed by atoms with Crippen LogP contribution < -0.4 is 10.0 Å². The maximum atomic E-state index is 12.7. The first-order valence-electron chi connectivity index (χ1n) is 7.88. The number of aryl methyl sites for hydroxylation is 1. The molecule has 2 aromatic heterocycles. The lowest BCUT2D eigenvalue weighted by atomic mass is 10.1. The molecule has 0 aromatic carbocycles. The van der Waals surface area contributed by atoms with Gasteiger partial charge in [-0.15, -0.1) is 11.3 Å². The predicted molar refractivity (Wildman–Crippen MR) is 93.6 cm³/mol. The molecule has 0 fully saturated rings. The van der Waals surface area contributed by atoms with E-state index in [4.69, 9.17) is 0 Å². The molecule has 0 unspecified atom stereocenters. The molecule has 0 saturated carbocycles. The minimum atomic E-state index is -3.91. The Hall–Kier alpha value is -1.75. The lowest BCUT2D eigenvalue weighted by Crippen LogP contribution is -2.30. The fourth-order valence-corrected chi connectivity index (χ4v) is 5.80. The van der Waals surface area contributed by atoms with Gasteiger partial charge in [-0.2, -0.15) is 5.10 Å². The van der Waals surface area contributed by atoms with Gasteiger partial charge >= 0.3 is 5.97 Å². The summed E-state index contributed by atoms with van der Waals surface area (Å²) in [6.45, 7) is 5.02. The van der Waals surface area contributed by atoms with Crippen LogP contribution in [0.2, 0.25) is 0 Å². The SMILES string of the molecule is Cc1cnn([C@@H](C)CNS(=O)(=O)c2sc3c(c2C(=O)O)CCNC3)c1. The second-order valence-corrected chi connectivity index (χ2v) is 9.16. The maximum Gasteiger partial charge on any atom is 0.338 e. The van der Waals surface area contributed by atoms with Gasteiger partial charge in [-0.05, 0) is 37.9 Å². The summed E-state index contributed by atoms with van der Waals surface area (Å²) >= 11 is 1.03. The Balaban J connectivity index is 1.85. The molecule has 0 aliphatic carbocycles. The number of hydrogen-bond acceptors (Lipinski definition) is 6. The number of carbonyl (C=O) groups is 1. The lowest BCUT2D eigenvalue weighted by Gasteiger charge is -2.14. The van der Waals surface area contributed by atoms with Gasteiger partial charge in [0.1, 0.15) is 4.21 Å². The van der Waals surface area contributed by atoms with Crippen molar-refractivity contribution in [2.24, 2.45) is 0 Å². The van der Waals surface area contributed by atoms with E-state index >= 15 is 0 Å². The number of sulfonamides is 1. The van der Waals surface area contributed by atoms with Crippen LogP contribution in [0.4, 0.5) is 0 Å². The van der Waals surface area contributed by atoms with Gasteiger partial charge in [-0.25, -0.2) is 17.9 Å². The number of nitrogens with one attached hydrogen (secondary N) is 2. The van der Waals surface area contributed by atoms with E-state index in [1.807, 2.05) is 20.0 Å².